The highest BCUT2D eigenvalue weighted by molar-refractivity contribution is 5.96. The first-order valence-electron chi connectivity index (χ1n) is 5.98. The van der Waals surface area contributed by atoms with Crippen molar-refractivity contribution in [3.8, 4) is 0 Å². The summed E-state index contributed by atoms with van der Waals surface area (Å²) >= 11 is 0. The third-order valence-corrected chi connectivity index (χ3v) is 2.85. The number of nitrogens with one attached hydrogen (secondary N) is 1. The quantitative estimate of drug-likeness (QED) is 0.796. The van der Waals surface area contributed by atoms with E-state index in [1.807, 2.05) is 13.0 Å². The molecule has 0 heterocycles. The molecule has 0 bridgehead atoms. The number of carboxylic acid groups (broad SMARTS) is 1. The second kappa shape index (κ2) is 5.44. The van der Waals surface area contributed by atoms with E-state index in [-0.39, 0.29) is 5.56 Å². The van der Waals surface area contributed by atoms with Gasteiger partial charge in [-0.3, -0.25) is 4.79 Å². The van der Waals surface area contributed by atoms with E-state index in [1.54, 1.807) is 36.4 Å². The second-order valence-corrected chi connectivity index (χ2v) is 4.42. The highest BCUT2D eigenvalue weighted by Gasteiger charge is 2.10. The van der Waals surface area contributed by atoms with Gasteiger partial charge in [0, 0.05) is 11.3 Å². The van der Waals surface area contributed by atoms with Gasteiger partial charge < -0.3 is 16.2 Å². The van der Waals surface area contributed by atoms with Crippen molar-refractivity contribution in [2.75, 3.05) is 5.32 Å². The van der Waals surface area contributed by atoms with Gasteiger partial charge in [-0.25, -0.2) is 4.79 Å². The monoisotopic (exact) mass is 270 g/mol. The first-order chi connectivity index (χ1) is 9.47. The number of carbonyl (C=O) groups excluding carboxylic acids is 1. The molecule has 4 N–H and O–H groups in total. The first kappa shape index (κ1) is 13.6. The molecule has 5 nitrogen and oxygen atoms in total. The minimum Gasteiger partial charge on any atom is -0.478 e. The molecular formula is C15H14N2O3. The summed E-state index contributed by atoms with van der Waals surface area (Å²) in [6.45, 7) is 1.83. The van der Waals surface area contributed by atoms with Crippen molar-refractivity contribution in [1.82, 2.24) is 0 Å². The summed E-state index contributed by atoms with van der Waals surface area (Å²) in [5, 5.41) is 12.2. The average Bonchev–Trinajstić information content (AvgIpc) is 2.41. The number of rotatable bonds is 4. The predicted octanol–water partition coefficient (Wildman–Crippen LogP) is 2.54. The molecule has 5 heteroatoms. The number of amides is 1. The zero-order valence-corrected chi connectivity index (χ0v) is 10.9. The minimum absolute atomic E-state index is 0.198. The Morgan fingerprint density at radius 3 is 2.30 bits per heavy atom. The van der Waals surface area contributed by atoms with Gasteiger partial charge in [-0.15, -0.1) is 0 Å². The normalized spacial score (nSPS) is 10.1. The lowest BCUT2D eigenvalue weighted by Gasteiger charge is -2.10. The number of carbonyl (C=O) groups is 2. The van der Waals surface area contributed by atoms with Gasteiger partial charge in [0.05, 0.1) is 11.3 Å². The number of aromatic carboxylic acids is 1. The fourth-order valence-electron chi connectivity index (χ4n) is 1.82. The fourth-order valence-corrected chi connectivity index (χ4v) is 1.82. The van der Waals surface area contributed by atoms with Crippen molar-refractivity contribution in [3.63, 3.8) is 0 Å². The van der Waals surface area contributed by atoms with E-state index in [1.165, 1.54) is 0 Å². The third-order valence-electron chi connectivity index (χ3n) is 2.85. The number of benzene rings is 2. The van der Waals surface area contributed by atoms with Crippen molar-refractivity contribution in [2.24, 2.45) is 5.73 Å². The van der Waals surface area contributed by atoms with Crippen LogP contribution in [0.4, 0.5) is 11.4 Å². The molecule has 1 amide bonds. The van der Waals surface area contributed by atoms with Gasteiger partial charge in [-0.1, -0.05) is 11.6 Å². The largest absolute Gasteiger partial charge is 0.478 e. The maximum atomic E-state index is 11.2. The van der Waals surface area contributed by atoms with Crippen LogP contribution in [0.15, 0.2) is 42.5 Å². The lowest BCUT2D eigenvalue weighted by atomic mass is 10.1. The predicted molar refractivity (Wildman–Crippen MR) is 76.4 cm³/mol. The van der Waals surface area contributed by atoms with Gasteiger partial charge in [0.25, 0.3) is 0 Å². The Bertz CT molecular complexity index is 663. The summed E-state index contributed by atoms with van der Waals surface area (Å²) in [5.74, 6) is -1.50. The number of primary amides is 1. The molecule has 2 aromatic rings. The van der Waals surface area contributed by atoms with Crippen molar-refractivity contribution in [1.29, 1.82) is 0 Å². The van der Waals surface area contributed by atoms with Crippen LogP contribution in [0.5, 0.6) is 0 Å². The van der Waals surface area contributed by atoms with Crippen LogP contribution in [0, 0.1) is 6.92 Å². The molecule has 0 aliphatic heterocycles. The van der Waals surface area contributed by atoms with Crippen molar-refractivity contribution < 1.29 is 14.7 Å². The molecule has 0 fully saturated rings. The Kier molecular flexibility index (Phi) is 3.70. The van der Waals surface area contributed by atoms with Gasteiger partial charge in [-0.2, -0.15) is 0 Å². The van der Waals surface area contributed by atoms with Crippen LogP contribution in [-0.4, -0.2) is 17.0 Å². The van der Waals surface area contributed by atoms with Crippen molar-refractivity contribution in [3.05, 3.63) is 59.2 Å². The molecule has 0 radical (unpaired) electrons. The van der Waals surface area contributed by atoms with Crippen LogP contribution < -0.4 is 11.1 Å². The van der Waals surface area contributed by atoms with Crippen LogP contribution in [-0.2, 0) is 0 Å². The molecule has 0 saturated carbocycles. The second-order valence-electron chi connectivity index (χ2n) is 4.42. The minimum atomic E-state index is -0.995. The summed E-state index contributed by atoms with van der Waals surface area (Å²) in [4.78, 5) is 22.2. The van der Waals surface area contributed by atoms with E-state index >= 15 is 0 Å². The van der Waals surface area contributed by atoms with Gasteiger partial charge in [0.15, 0.2) is 0 Å². The number of aryl methyl sites for hydroxylation is 1. The highest BCUT2D eigenvalue weighted by atomic mass is 16.4. The lowest BCUT2D eigenvalue weighted by molar-refractivity contribution is 0.0697. The number of carboxylic acids is 1. The number of anilines is 2. The molecule has 0 aliphatic carbocycles. The third kappa shape index (κ3) is 2.95. The molecule has 102 valence electrons. The topological polar surface area (TPSA) is 92.4 Å². The number of hydrogen-bond acceptors (Lipinski definition) is 3. The Hall–Kier alpha value is -2.82. The van der Waals surface area contributed by atoms with Gasteiger partial charge in [-0.05, 0) is 43.3 Å². The molecule has 20 heavy (non-hydrogen) atoms. The maximum Gasteiger partial charge on any atom is 0.337 e. The molecule has 0 saturated heterocycles. The average molecular weight is 270 g/mol. The molecule has 2 aromatic carbocycles. The molecule has 0 unspecified atom stereocenters. The summed E-state index contributed by atoms with van der Waals surface area (Å²) in [7, 11) is 0. The van der Waals surface area contributed by atoms with E-state index in [0.717, 1.165) is 5.56 Å². The van der Waals surface area contributed by atoms with Crippen LogP contribution in [0.1, 0.15) is 26.3 Å². The van der Waals surface area contributed by atoms with Gasteiger partial charge in [0.1, 0.15) is 0 Å². The Labute approximate surface area is 116 Å². The number of nitrogens with two attached hydrogens (primary N) is 1. The van der Waals surface area contributed by atoms with Gasteiger partial charge in [0.2, 0.25) is 5.91 Å². The van der Waals surface area contributed by atoms with Crippen LogP contribution >= 0.6 is 0 Å². The number of hydrogen-bond donors (Lipinski definition) is 3. The van der Waals surface area contributed by atoms with E-state index in [0.29, 0.717) is 16.9 Å². The molecule has 0 aromatic heterocycles. The zero-order valence-electron chi connectivity index (χ0n) is 10.9. The van der Waals surface area contributed by atoms with Gasteiger partial charge >= 0.3 is 5.97 Å². The first-order valence-corrected chi connectivity index (χ1v) is 5.98. The molecule has 0 spiro atoms. The van der Waals surface area contributed by atoms with E-state index in [9.17, 15) is 14.7 Å². The van der Waals surface area contributed by atoms with Crippen molar-refractivity contribution >= 4 is 23.3 Å². The Morgan fingerprint density at radius 2 is 1.75 bits per heavy atom. The summed E-state index contributed by atoms with van der Waals surface area (Å²) in [6, 6.07) is 11.6. The SMILES string of the molecule is Cc1ccc(Nc2ccc(C(N)=O)cc2)c(C(=O)O)c1. The zero-order chi connectivity index (χ0) is 14.7. The van der Waals surface area contributed by atoms with Crippen LogP contribution in [0.3, 0.4) is 0 Å². The van der Waals surface area contributed by atoms with E-state index in [2.05, 4.69) is 5.32 Å². The van der Waals surface area contributed by atoms with E-state index < -0.39 is 11.9 Å². The molecule has 0 atom stereocenters. The molecule has 0 aliphatic rings. The standard InChI is InChI=1S/C15H14N2O3/c1-9-2-7-13(12(8-9)15(19)20)17-11-5-3-10(4-6-11)14(16)18/h2-8,17H,1H3,(H2,16,18)(H,19,20). The Morgan fingerprint density at radius 1 is 1.10 bits per heavy atom. The summed E-state index contributed by atoms with van der Waals surface area (Å²) in [5.41, 5.74) is 7.81. The van der Waals surface area contributed by atoms with Crippen molar-refractivity contribution in [2.45, 2.75) is 6.92 Å². The maximum absolute atomic E-state index is 11.2. The lowest BCUT2D eigenvalue weighted by Crippen LogP contribution is -2.10. The smallest absolute Gasteiger partial charge is 0.337 e. The van der Waals surface area contributed by atoms with Crippen LogP contribution in [0.25, 0.3) is 0 Å². The molecule has 2 rings (SSSR count). The summed E-state index contributed by atoms with van der Waals surface area (Å²) < 4.78 is 0. The highest BCUT2D eigenvalue weighted by Crippen LogP contribution is 2.22. The van der Waals surface area contributed by atoms with E-state index in [4.69, 9.17) is 5.73 Å². The summed E-state index contributed by atoms with van der Waals surface area (Å²) in [6.07, 6.45) is 0. The van der Waals surface area contributed by atoms with Crippen LogP contribution in [0.2, 0.25) is 0 Å². The Balaban J connectivity index is 2.30. The fraction of sp³-hybridized carbons (Fsp3) is 0.0667. The molecular weight excluding hydrogens is 256 g/mol.